The normalized spacial score (nSPS) is 23.2. The molecule has 2 heterocycles. The number of nitrogens with one attached hydrogen (secondary N) is 1. The first-order valence-electron chi connectivity index (χ1n) is 5.45. The van der Waals surface area contributed by atoms with Crippen LogP contribution in [0.5, 0.6) is 0 Å². The van der Waals surface area contributed by atoms with Crippen LogP contribution in [0.15, 0.2) is 12.4 Å². The quantitative estimate of drug-likeness (QED) is 0.600. The van der Waals surface area contributed by atoms with Crippen LogP contribution in [0.4, 0.5) is 0 Å². The maximum atomic E-state index is 5.63. The van der Waals surface area contributed by atoms with Crippen molar-refractivity contribution in [3.05, 3.63) is 18.0 Å². The number of rotatable bonds is 4. The number of aryl methyl sites for hydroxylation is 1. The fourth-order valence-corrected chi connectivity index (χ4v) is 3.39. The summed E-state index contributed by atoms with van der Waals surface area (Å²) in [6, 6.07) is 0.248. The topological polar surface area (TPSA) is 55.9 Å². The molecular formula is C10H18N4S. The minimum atomic E-state index is 0.248. The third-order valence-electron chi connectivity index (χ3n) is 2.85. The Morgan fingerprint density at radius 3 is 3.20 bits per heavy atom. The highest BCUT2D eigenvalue weighted by atomic mass is 32.2. The Morgan fingerprint density at radius 1 is 1.80 bits per heavy atom. The molecule has 2 rings (SSSR count). The van der Waals surface area contributed by atoms with Gasteiger partial charge in [-0.1, -0.05) is 0 Å². The van der Waals surface area contributed by atoms with Gasteiger partial charge in [-0.2, -0.15) is 16.9 Å². The van der Waals surface area contributed by atoms with Gasteiger partial charge in [-0.3, -0.25) is 16.0 Å². The minimum absolute atomic E-state index is 0.248. The van der Waals surface area contributed by atoms with Crippen LogP contribution < -0.4 is 11.3 Å². The molecule has 1 fully saturated rings. The van der Waals surface area contributed by atoms with Gasteiger partial charge < -0.3 is 0 Å². The van der Waals surface area contributed by atoms with Crippen molar-refractivity contribution in [1.29, 1.82) is 0 Å². The largest absolute Gasteiger partial charge is 0.273 e. The average molecular weight is 226 g/mol. The summed E-state index contributed by atoms with van der Waals surface area (Å²) in [5.41, 5.74) is 4.13. The number of hydrogen-bond donors (Lipinski definition) is 2. The second kappa shape index (κ2) is 5.01. The molecule has 0 aliphatic carbocycles. The Hall–Kier alpha value is -0.520. The lowest BCUT2D eigenvalue weighted by atomic mass is 10.1. The van der Waals surface area contributed by atoms with E-state index in [1.165, 1.54) is 24.2 Å². The first-order chi connectivity index (χ1) is 7.35. The van der Waals surface area contributed by atoms with E-state index in [1.54, 1.807) is 0 Å². The Morgan fingerprint density at radius 2 is 2.67 bits per heavy atom. The molecule has 1 aliphatic heterocycles. The molecule has 0 saturated carbocycles. The molecular weight excluding hydrogens is 208 g/mol. The smallest absolute Gasteiger partial charge is 0.0609 e. The van der Waals surface area contributed by atoms with Gasteiger partial charge in [-0.15, -0.1) is 0 Å². The molecule has 1 saturated heterocycles. The third kappa shape index (κ3) is 2.35. The van der Waals surface area contributed by atoms with E-state index in [0.717, 1.165) is 6.54 Å². The zero-order chi connectivity index (χ0) is 10.7. The fraction of sp³-hybridized carbons (Fsp3) is 0.700. The van der Waals surface area contributed by atoms with Crippen LogP contribution in [0.25, 0.3) is 0 Å². The Kier molecular flexibility index (Phi) is 3.66. The Labute approximate surface area is 94.6 Å². The molecule has 4 nitrogen and oxygen atoms in total. The van der Waals surface area contributed by atoms with Gasteiger partial charge in [0.25, 0.3) is 0 Å². The lowest BCUT2D eigenvalue weighted by molar-refractivity contribution is 0.519. The zero-order valence-corrected chi connectivity index (χ0v) is 9.83. The Bertz CT molecular complexity index is 306. The van der Waals surface area contributed by atoms with Crippen molar-refractivity contribution in [2.45, 2.75) is 37.6 Å². The second-order valence-electron chi connectivity index (χ2n) is 3.83. The standard InChI is InChI=1S/C10H18N4S/c1-2-14-7-8(6-12-14)10(13-11)9-4-3-5-15-9/h6-7,9-10,13H,2-5,11H2,1H3. The van der Waals surface area contributed by atoms with Gasteiger partial charge in [0, 0.05) is 23.6 Å². The third-order valence-corrected chi connectivity index (χ3v) is 4.31. The molecule has 0 radical (unpaired) electrons. The van der Waals surface area contributed by atoms with Crippen LogP contribution in [-0.2, 0) is 6.54 Å². The summed E-state index contributed by atoms with van der Waals surface area (Å²) in [5.74, 6) is 6.89. The monoisotopic (exact) mass is 226 g/mol. The van der Waals surface area contributed by atoms with Crippen LogP contribution in [0, 0.1) is 0 Å². The highest BCUT2D eigenvalue weighted by Gasteiger charge is 2.26. The number of nitrogens with two attached hydrogens (primary N) is 1. The summed E-state index contributed by atoms with van der Waals surface area (Å²) in [7, 11) is 0. The maximum absolute atomic E-state index is 5.63. The Balaban J connectivity index is 2.10. The molecule has 3 N–H and O–H groups in total. The van der Waals surface area contributed by atoms with Gasteiger partial charge in [-0.25, -0.2) is 0 Å². The molecule has 1 aromatic heterocycles. The molecule has 0 aromatic carbocycles. The van der Waals surface area contributed by atoms with E-state index in [2.05, 4.69) is 23.6 Å². The molecule has 5 heteroatoms. The van der Waals surface area contributed by atoms with Gasteiger partial charge in [0.1, 0.15) is 0 Å². The maximum Gasteiger partial charge on any atom is 0.0609 e. The van der Waals surface area contributed by atoms with E-state index in [1.807, 2.05) is 22.6 Å². The van der Waals surface area contributed by atoms with E-state index in [0.29, 0.717) is 5.25 Å². The van der Waals surface area contributed by atoms with Crippen molar-refractivity contribution in [2.24, 2.45) is 5.84 Å². The van der Waals surface area contributed by atoms with Crippen molar-refractivity contribution >= 4 is 11.8 Å². The first-order valence-corrected chi connectivity index (χ1v) is 6.50. The predicted molar refractivity (Wildman–Crippen MR) is 63.4 cm³/mol. The molecule has 0 amide bonds. The molecule has 1 aliphatic rings. The average Bonchev–Trinajstić information content (AvgIpc) is 2.89. The van der Waals surface area contributed by atoms with Gasteiger partial charge in [0.15, 0.2) is 0 Å². The van der Waals surface area contributed by atoms with E-state index >= 15 is 0 Å². The number of aromatic nitrogens is 2. The number of nitrogens with zero attached hydrogens (tertiary/aromatic N) is 2. The van der Waals surface area contributed by atoms with Crippen molar-refractivity contribution in [2.75, 3.05) is 5.75 Å². The zero-order valence-electron chi connectivity index (χ0n) is 9.02. The molecule has 2 atom stereocenters. The summed E-state index contributed by atoms with van der Waals surface area (Å²) in [4.78, 5) is 0. The van der Waals surface area contributed by atoms with E-state index in [-0.39, 0.29) is 6.04 Å². The van der Waals surface area contributed by atoms with Crippen LogP contribution in [0.3, 0.4) is 0 Å². The van der Waals surface area contributed by atoms with Crippen molar-refractivity contribution in [3.63, 3.8) is 0 Å². The molecule has 1 aromatic rings. The van der Waals surface area contributed by atoms with Gasteiger partial charge in [0.2, 0.25) is 0 Å². The highest BCUT2D eigenvalue weighted by Crippen LogP contribution is 2.35. The van der Waals surface area contributed by atoms with E-state index < -0.39 is 0 Å². The molecule has 0 spiro atoms. The summed E-state index contributed by atoms with van der Waals surface area (Å²) in [5, 5.41) is 4.89. The van der Waals surface area contributed by atoms with Crippen LogP contribution in [0.2, 0.25) is 0 Å². The SMILES string of the molecule is CCn1cc(C(NN)C2CCCS2)cn1. The van der Waals surface area contributed by atoms with Crippen molar-refractivity contribution < 1.29 is 0 Å². The van der Waals surface area contributed by atoms with Crippen molar-refractivity contribution in [3.8, 4) is 0 Å². The lowest BCUT2D eigenvalue weighted by Gasteiger charge is -2.20. The van der Waals surface area contributed by atoms with Gasteiger partial charge >= 0.3 is 0 Å². The molecule has 84 valence electrons. The predicted octanol–water partition coefficient (Wildman–Crippen LogP) is 1.30. The van der Waals surface area contributed by atoms with Crippen molar-refractivity contribution in [1.82, 2.24) is 15.2 Å². The fourth-order valence-electron chi connectivity index (χ4n) is 2.00. The minimum Gasteiger partial charge on any atom is -0.273 e. The molecule has 15 heavy (non-hydrogen) atoms. The summed E-state index contributed by atoms with van der Waals surface area (Å²) in [6.45, 7) is 3.00. The van der Waals surface area contributed by atoms with Gasteiger partial charge in [0.05, 0.1) is 12.2 Å². The van der Waals surface area contributed by atoms with E-state index in [9.17, 15) is 0 Å². The van der Waals surface area contributed by atoms with Crippen LogP contribution in [-0.4, -0.2) is 20.8 Å². The summed E-state index contributed by atoms with van der Waals surface area (Å²) < 4.78 is 1.94. The molecule has 2 unspecified atom stereocenters. The summed E-state index contributed by atoms with van der Waals surface area (Å²) in [6.07, 6.45) is 6.56. The molecule has 0 bridgehead atoms. The lowest BCUT2D eigenvalue weighted by Crippen LogP contribution is -2.34. The second-order valence-corrected chi connectivity index (χ2v) is 5.17. The van der Waals surface area contributed by atoms with Crippen LogP contribution >= 0.6 is 11.8 Å². The van der Waals surface area contributed by atoms with Gasteiger partial charge in [-0.05, 0) is 25.5 Å². The highest BCUT2D eigenvalue weighted by molar-refractivity contribution is 8.00. The van der Waals surface area contributed by atoms with E-state index in [4.69, 9.17) is 5.84 Å². The number of hydrogen-bond acceptors (Lipinski definition) is 4. The number of thioether (sulfide) groups is 1. The summed E-state index contributed by atoms with van der Waals surface area (Å²) >= 11 is 2.01. The van der Waals surface area contributed by atoms with Crippen LogP contribution in [0.1, 0.15) is 31.4 Å². The number of hydrazine groups is 1. The first kappa shape index (κ1) is 11.0.